The molecule has 6 nitrogen and oxygen atoms in total. The lowest BCUT2D eigenvalue weighted by atomic mass is 9.79. The molecule has 0 spiro atoms. The number of carbonyl (C=O) groups is 2. The maximum atomic E-state index is 13.0. The molecule has 152 valence electrons. The lowest BCUT2D eigenvalue weighted by Gasteiger charge is -2.37. The number of fused-ring (bicyclic) bond motifs is 2. The smallest absolute Gasteiger partial charge is 0.387 e. The first-order valence-electron chi connectivity index (χ1n) is 9.86. The largest absolute Gasteiger partial charge is 0.435 e. The molecule has 2 bridgehead atoms. The predicted molar refractivity (Wildman–Crippen MR) is 99.3 cm³/mol. The SMILES string of the molecule is O=C1C(NC(=O)C23CCCN(CC2)C3)CCCN1c1ccc(OC(F)F)cc1. The number of piperidine rings is 2. The molecular weight excluding hydrogens is 368 g/mol. The predicted octanol–water partition coefficient (Wildman–Crippen LogP) is 2.39. The zero-order valence-corrected chi connectivity index (χ0v) is 15.7. The van der Waals surface area contributed by atoms with Gasteiger partial charge in [-0.2, -0.15) is 8.78 Å². The van der Waals surface area contributed by atoms with Crippen LogP contribution in [0.5, 0.6) is 5.75 Å². The van der Waals surface area contributed by atoms with E-state index in [9.17, 15) is 18.4 Å². The Kier molecular flexibility index (Phi) is 5.23. The average molecular weight is 393 g/mol. The van der Waals surface area contributed by atoms with Crippen molar-refractivity contribution in [3.05, 3.63) is 24.3 Å². The number of carbonyl (C=O) groups excluding carboxylic acids is 2. The third-order valence-electron chi connectivity index (χ3n) is 6.16. The minimum absolute atomic E-state index is 0.00409. The summed E-state index contributed by atoms with van der Waals surface area (Å²) in [6.07, 6.45) is 4.14. The lowest BCUT2D eigenvalue weighted by Crippen LogP contribution is -2.56. The van der Waals surface area contributed by atoms with E-state index in [0.29, 0.717) is 18.7 Å². The zero-order valence-electron chi connectivity index (χ0n) is 15.7. The Bertz CT molecular complexity index is 739. The fourth-order valence-corrected chi connectivity index (χ4v) is 4.68. The maximum absolute atomic E-state index is 13.0. The number of halogens is 2. The first kappa shape index (κ1) is 19.1. The summed E-state index contributed by atoms with van der Waals surface area (Å²) >= 11 is 0. The van der Waals surface area contributed by atoms with Crippen molar-refractivity contribution in [3.63, 3.8) is 0 Å². The van der Waals surface area contributed by atoms with Crippen LogP contribution in [0.4, 0.5) is 14.5 Å². The van der Waals surface area contributed by atoms with Gasteiger partial charge in [-0.1, -0.05) is 0 Å². The van der Waals surface area contributed by atoms with Gasteiger partial charge in [-0.05, 0) is 69.5 Å². The molecule has 0 radical (unpaired) electrons. The van der Waals surface area contributed by atoms with Gasteiger partial charge in [-0.25, -0.2) is 0 Å². The third-order valence-corrected chi connectivity index (χ3v) is 6.16. The molecule has 0 saturated carbocycles. The van der Waals surface area contributed by atoms with E-state index in [2.05, 4.69) is 15.0 Å². The summed E-state index contributed by atoms with van der Waals surface area (Å²) in [6.45, 7) is 0.448. The van der Waals surface area contributed by atoms with Crippen molar-refractivity contribution in [2.45, 2.75) is 44.8 Å². The minimum Gasteiger partial charge on any atom is -0.435 e. The third kappa shape index (κ3) is 3.70. The number of benzene rings is 1. The van der Waals surface area contributed by atoms with Gasteiger partial charge in [0.2, 0.25) is 11.8 Å². The van der Waals surface area contributed by atoms with Gasteiger partial charge >= 0.3 is 6.61 Å². The number of anilines is 1. The van der Waals surface area contributed by atoms with Crippen molar-refractivity contribution in [1.82, 2.24) is 10.2 Å². The van der Waals surface area contributed by atoms with E-state index < -0.39 is 12.7 Å². The van der Waals surface area contributed by atoms with Crippen LogP contribution in [0.25, 0.3) is 0 Å². The summed E-state index contributed by atoms with van der Waals surface area (Å²) in [5.41, 5.74) is 0.267. The molecule has 3 heterocycles. The summed E-state index contributed by atoms with van der Waals surface area (Å²) < 4.78 is 28.9. The molecule has 1 aromatic carbocycles. The van der Waals surface area contributed by atoms with Crippen molar-refractivity contribution in [1.29, 1.82) is 0 Å². The highest BCUT2D eigenvalue weighted by Gasteiger charge is 2.47. The van der Waals surface area contributed by atoms with Gasteiger partial charge < -0.3 is 19.9 Å². The quantitative estimate of drug-likeness (QED) is 0.835. The van der Waals surface area contributed by atoms with Gasteiger partial charge in [0.1, 0.15) is 11.8 Å². The topological polar surface area (TPSA) is 61.9 Å². The first-order valence-corrected chi connectivity index (χ1v) is 9.86. The van der Waals surface area contributed by atoms with Crippen LogP contribution in [0, 0.1) is 5.41 Å². The molecule has 0 aliphatic carbocycles. The van der Waals surface area contributed by atoms with E-state index in [-0.39, 0.29) is 23.0 Å². The van der Waals surface area contributed by atoms with E-state index in [0.717, 1.165) is 45.3 Å². The van der Waals surface area contributed by atoms with Crippen LogP contribution in [0.1, 0.15) is 32.1 Å². The molecule has 2 amide bonds. The number of rotatable bonds is 5. The van der Waals surface area contributed by atoms with Gasteiger partial charge in [0.25, 0.3) is 0 Å². The molecule has 3 unspecified atom stereocenters. The molecule has 3 saturated heterocycles. The fraction of sp³-hybridized carbons (Fsp3) is 0.600. The Morgan fingerprint density at radius 1 is 1.14 bits per heavy atom. The summed E-state index contributed by atoms with van der Waals surface area (Å²) in [7, 11) is 0. The summed E-state index contributed by atoms with van der Waals surface area (Å²) in [5.74, 6) is -0.102. The van der Waals surface area contributed by atoms with Gasteiger partial charge in [-0.15, -0.1) is 0 Å². The van der Waals surface area contributed by atoms with Gasteiger partial charge in [0.15, 0.2) is 0 Å². The molecule has 1 aromatic rings. The number of alkyl halides is 2. The van der Waals surface area contributed by atoms with E-state index in [4.69, 9.17) is 0 Å². The van der Waals surface area contributed by atoms with Crippen LogP contribution >= 0.6 is 0 Å². The van der Waals surface area contributed by atoms with Crippen LogP contribution in [0.3, 0.4) is 0 Å². The normalized spacial score (nSPS) is 29.8. The fourth-order valence-electron chi connectivity index (χ4n) is 4.68. The van der Waals surface area contributed by atoms with Crippen LogP contribution in [-0.2, 0) is 9.59 Å². The maximum Gasteiger partial charge on any atom is 0.387 e. The molecular formula is C20H25F2N3O3. The van der Waals surface area contributed by atoms with Crippen molar-refractivity contribution in [3.8, 4) is 5.75 Å². The molecule has 3 aliphatic heterocycles. The molecule has 0 aromatic heterocycles. The molecule has 1 N–H and O–H groups in total. The van der Waals surface area contributed by atoms with Crippen molar-refractivity contribution >= 4 is 17.5 Å². The number of nitrogens with zero attached hydrogens (tertiary/aromatic N) is 2. The minimum atomic E-state index is -2.88. The second kappa shape index (κ2) is 7.66. The number of nitrogens with one attached hydrogen (secondary N) is 1. The highest BCUT2D eigenvalue weighted by molar-refractivity contribution is 6.00. The van der Waals surface area contributed by atoms with Crippen LogP contribution in [0.2, 0.25) is 0 Å². The number of amides is 2. The Balaban J connectivity index is 1.42. The lowest BCUT2D eigenvalue weighted by molar-refractivity contribution is -0.135. The van der Waals surface area contributed by atoms with E-state index in [1.807, 2.05) is 0 Å². The summed E-state index contributed by atoms with van der Waals surface area (Å²) in [5, 5.41) is 3.01. The van der Waals surface area contributed by atoms with E-state index in [1.54, 1.807) is 17.0 Å². The Labute approximate surface area is 162 Å². The molecule has 3 aliphatic rings. The standard InChI is InChI=1S/C20H25F2N3O3/c21-19(22)28-15-6-4-14(5-7-15)25-11-1-3-16(17(25)26)23-18(27)20-8-2-10-24(13-20)12-9-20/h4-7,16,19H,1-3,8-13H2,(H,23,27). The van der Waals surface area contributed by atoms with E-state index in [1.165, 1.54) is 12.1 Å². The Hall–Kier alpha value is -2.22. The summed E-state index contributed by atoms with van der Waals surface area (Å²) in [4.78, 5) is 29.9. The van der Waals surface area contributed by atoms with Gasteiger partial charge in [-0.3, -0.25) is 9.59 Å². The van der Waals surface area contributed by atoms with Crippen molar-refractivity contribution in [2.75, 3.05) is 31.1 Å². The number of hydrogen-bond acceptors (Lipinski definition) is 4. The highest BCUT2D eigenvalue weighted by atomic mass is 19.3. The van der Waals surface area contributed by atoms with Gasteiger partial charge in [0.05, 0.1) is 5.41 Å². The molecule has 3 fully saturated rings. The number of ether oxygens (including phenoxy) is 1. The van der Waals surface area contributed by atoms with E-state index >= 15 is 0 Å². The van der Waals surface area contributed by atoms with Crippen LogP contribution < -0.4 is 15.0 Å². The highest BCUT2D eigenvalue weighted by Crippen LogP contribution is 2.39. The van der Waals surface area contributed by atoms with Crippen LogP contribution in [-0.4, -0.2) is 55.5 Å². The van der Waals surface area contributed by atoms with Crippen molar-refractivity contribution < 1.29 is 23.1 Å². The number of hydrogen-bond donors (Lipinski definition) is 1. The van der Waals surface area contributed by atoms with Gasteiger partial charge in [0, 0.05) is 18.8 Å². The average Bonchev–Trinajstić information content (AvgIpc) is 2.99. The second-order valence-corrected chi connectivity index (χ2v) is 7.94. The summed E-state index contributed by atoms with van der Waals surface area (Å²) in [6, 6.07) is 5.49. The van der Waals surface area contributed by atoms with Crippen LogP contribution in [0.15, 0.2) is 24.3 Å². The zero-order chi connectivity index (χ0) is 19.7. The Morgan fingerprint density at radius 3 is 2.68 bits per heavy atom. The molecule has 8 heteroatoms. The molecule has 4 rings (SSSR count). The van der Waals surface area contributed by atoms with Crippen molar-refractivity contribution in [2.24, 2.45) is 5.41 Å². The monoisotopic (exact) mass is 393 g/mol. The first-order chi connectivity index (χ1) is 13.5. The second-order valence-electron chi connectivity index (χ2n) is 7.94. The molecule has 3 atom stereocenters. The Morgan fingerprint density at radius 2 is 1.93 bits per heavy atom. The molecule has 28 heavy (non-hydrogen) atoms.